The van der Waals surface area contributed by atoms with Crippen LogP contribution >= 0.6 is 47.0 Å². The average molecular weight is 503 g/mol. The standard InChI is InChI=1S/C28H22OS4/c1-17-18(2)31-27(30-17)25-20-11-6-8-13-22(20)26(23-14-9-7-12-21(23)25)28-32-19(3)24(33-28)15-5-4-10-16-29/h4-16H,1-3H3/b10-4+,15-5+. The maximum Gasteiger partial charge on any atom is 0.142 e. The second-order valence-electron chi connectivity index (χ2n) is 7.74. The van der Waals surface area contributed by atoms with Crippen LogP contribution in [0.25, 0.3) is 30.0 Å². The van der Waals surface area contributed by atoms with Gasteiger partial charge in [-0.15, -0.1) is 0 Å². The molecule has 0 aromatic heterocycles. The Morgan fingerprint density at radius 2 is 1.03 bits per heavy atom. The molecule has 0 fully saturated rings. The molecule has 0 saturated heterocycles. The molecule has 0 radical (unpaired) electrons. The predicted molar refractivity (Wildman–Crippen MR) is 153 cm³/mol. The van der Waals surface area contributed by atoms with Crippen LogP contribution in [0.1, 0.15) is 20.8 Å². The van der Waals surface area contributed by atoms with Gasteiger partial charge in [0.1, 0.15) is 6.29 Å². The highest BCUT2D eigenvalue weighted by Crippen LogP contribution is 2.51. The molecule has 2 aliphatic rings. The van der Waals surface area contributed by atoms with Gasteiger partial charge in [0.25, 0.3) is 0 Å². The molecule has 0 amide bonds. The molecule has 5 heteroatoms. The minimum absolute atomic E-state index is 0.803. The molecule has 0 spiro atoms. The van der Waals surface area contributed by atoms with Gasteiger partial charge in [0.05, 0.1) is 8.47 Å². The molecule has 1 nitrogen and oxygen atoms in total. The lowest BCUT2D eigenvalue weighted by atomic mass is 9.99. The van der Waals surface area contributed by atoms with E-state index in [1.807, 2.05) is 53.1 Å². The van der Waals surface area contributed by atoms with E-state index in [4.69, 9.17) is 0 Å². The van der Waals surface area contributed by atoms with E-state index in [1.54, 1.807) is 6.08 Å². The molecule has 0 N–H and O–H groups in total. The Morgan fingerprint density at radius 3 is 1.52 bits per heavy atom. The SMILES string of the molecule is CC1=C(C)SC(=c2c3ccccc3c(=C3SC(C)=C(/C=C/C=C/C=O)S3)c3ccccc23)S1. The third-order valence-electron chi connectivity index (χ3n) is 5.67. The van der Waals surface area contributed by atoms with E-state index in [1.165, 1.54) is 66.2 Å². The van der Waals surface area contributed by atoms with Gasteiger partial charge in [0.2, 0.25) is 0 Å². The number of hydrogen-bond donors (Lipinski definition) is 0. The van der Waals surface area contributed by atoms with Gasteiger partial charge in [-0.25, -0.2) is 0 Å². The number of benzene rings is 3. The lowest BCUT2D eigenvalue weighted by Crippen LogP contribution is -2.16. The number of allylic oxidation sites excluding steroid dienone is 7. The second kappa shape index (κ2) is 9.67. The summed E-state index contributed by atoms with van der Waals surface area (Å²) in [6, 6.07) is 17.7. The van der Waals surface area contributed by atoms with Crippen molar-refractivity contribution in [2.75, 3.05) is 0 Å². The Labute approximate surface area is 210 Å². The van der Waals surface area contributed by atoms with Crippen molar-refractivity contribution in [3.05, 3.63) is 103 Å². The van der Waals surface area contributed by atoms with Gasteiger partial charge in [0.15, 0.2) is 0 Å². The van der Waals surface area contributed by atoms with E-state index in [-0.39, 0.29) is 0 Å². The zero-order chi connectivity index (χ0) is 22.9. The van der Waals surface area contributed by atoms with Crippen LogP contribution in [0.5, 0.6) is 0 Å². The largest absolute Gasteiger partial charge is 0.299 e. The molecule has 0 saturated carbocycles. The summed E-state index contributed by atoms with van der Waals surface area (Å²) >= 11 is 7.47. The molecule has 2 heterocycles. The predicted octanol–water partition coefficient (Wildman–Crippen LogP) is 7.88. The monoisotopic (exact) mass is 502 g/mol. The molecule has 164 valence electrons. The molecule has 33 heavy (non-hydrogen) atoms. The summed E-state index contributed by atoms with van der Waals surface area (Å²) in [6.07, 6.45) is 8.13. The van der Waals surface area contributed by atoms with Crippen LogP contribution in [0, 0.1) is 0 Å². The summed E-state index contributed by atoms with van der Waals surface area (Å²) in [4.78, 5) is 15.9. The van der Waals surface area contributed by atoms with Crippen molar-refractivity contribution in [2.24, 2.45) is 0 Å². The minimum atomic E-state index is 0.803. The maximum atomic E-state index is 10.6. The van der Waals surface area contributed by atoms with Crippen LogP contribution in [0.4, 0.5) is 0 Å². The first-order chi connectivity index (χ1) is 16.1. The van der Waals surface area contributed by atoms with E-state index in [2.05, 4.69) is 75.4 Å². The van der Waals surface area contributed by atoms with Gasteiger partial charge in [-0.2, -0.15) is 0 Å². The highest BCUT2D eigenvalue weighted by Gasteiger charge is 2.21. The van der Waals surface area contributed by atoms with Crippen LogP contribution in [0.3, 0.4) is 0 Å². The third-order valence-corrected chi connectivity index (χ3v) is 10.9. The highest BCUT2D eigenvalue weighted by molar-refractivity contribution is 8.36. The molecule has 0 unspecified atom stereocenters. The number of rotatable bonds is 3. The Balaban J connectivity index is 1.81. The van der Waals surface area contributed by atoms with Gasteiger partial charge in [0, 0.05) is 20.2 Å². The van der Waals surface area contributed by atoms with Crippen LogP contribution in [-0.4, -0.2) is 6.29 Å². The molecule has 2 aliphatic heterocycles. The maximum absolute atomic E-state index is 10.6. The van der Waals surface area contributed by atoms with Crippen LogP contribution in [0.2, 0.25) is 0 Å². The van der Waals surface area contributed by atoms with Crippen molar-refractivity contribution >= 4 is 83.4 Å². The molecule has 0 bridgehead atoms. The molecule has 3 aromatic rings. The summed E-state index contributed by atoms with van der Waals surface area (Å²) in [6.45, 7) is 6.60. The van der Waals surface area contributed by atoms with Crippen LogP contribution in [-0.2, 0) is 4.79 Å². The van der Waals surface area contributed by atoms with Crippen molar-refractivity contribution in [3.8, 4) is 0 Å². The van der Waals surface area contributed by atoms with Crippen LogP contribution in [0.15, 0.2) is 92.5 Å². The fraction of sp³-hybridized carbons (Fsp3) is 0.107. The third kappa shape index (κ3) is 4.28. The first kappa shape index (κ1) is 22.7. The number of fused-ring (bicyclic) bond motifs is 2. The van der Waals surface area contributed by atoms with Crippen molar-refractivity contribution < 1.29 is 4.79 Å². The Kier molecular flexibility index (Phi) is 6.66. The van der Waals surface area contributed by atoms with E-state index >= 15 is 0 Å². The second-order valence-corrected chi connectivity index (χ2v) is 13.0. The fourth-order valence-corrected chi connectivity index (χ4v) is 9.30. The van der Waals surface area contributed by atoms with Crippen LogP contribution < -0.4 is 10.4 Å². The Hall–Kier alpha value is -2.05. The first-order valence-corrected chi connectivity index (χ1v) is 13.9. The van der Waals surface area contributed by atoms with E-state index in [0.29, 0.717) is 0 Å². The first-order valence-electron chi connectivity index (χ1n) is 10.6. The number of thioether (sulfide) groups is 4. The lowest BCUT2D eigenvalue weighted by molar-refractivity contribution is -0.104. The summed E-state index contributed by atoms with van der Waals surface area (Å²) in [5.41, 5.74) is 0. The van der Waals surface area contributed by atoms with E-state index < -0.39 is 0 Å². The van der Waals surface area contributed by atoms with E-state index in [9.17, 15) is 4.79 Å². The summed E-state index contributed by atoms with van der Waals surface area (Å²) in [5.74, 6) is 0. The topological polar surface area (TPSA) is 17.1 Å². The molecule has 0 aliphatic carbocycles. The average Bonchev–Trinajstić information content (AvgIpc) is 3.35. The minimum Gasteiger partial charge on any atom is -0.299 e. The summed E-state index contributed by atoms with van der Waals surface area (Å²) < 4.78 is 2.69. The number of aldehydes is 1. The highest BCUT2D eigenvalue weighted by atomic mass is 32.2. The van der Waals surface area contributed by atoms with Gasteiger partial charge in [-0.3, -0.25) is 4.79 Å². The number of carbonyl (C=O) groups is 1. The van der Waals surface area contributed by atoms with Crippen molar-refractivity contribution in [1.82, 2.24) is 0 Å². The Bertz CT molecular complexity index is 1480. The van der Waals surface area contributed by atoms with Gasteiger partial charge in [-0.05, 0) is 64.3 Å². The van der Waals surface area contributed by atoms with Gasteiger partial charge >= 0.3 is 0 Å². The quantitative estimate of drug-likeness (QED) is 0.156. The Morgan fingerprint density at radius 1 is 0.576 bits per heavy atom. The van der Waals surface area contributed by atoms with E-state index in [0.717, 1.165) is 6.29 Å². The molecular weight excluding hydrogens is 481 g/mol. The van der Waals surface area contributed by atoms with Crippen molar-refractivity contribution in [3.63, 3.8) is 0 Å². The van der Waals surface area contributed by atoms with Crippen molar-refractivity contribution in [1.29, 1.82) is 0 Å². The molecule has 3 aromatic carbocycles. The molecular formula is C28H22OS4. The summed E-state index contributed by atoms with van der Waals surface area (Å²) in [5, 5.41) is 7.91. The number of hydrogen-bond acceptors (Lipinski definition) is 5. The molecule has 0 atom stereocenters. The molecule has 5 rings (SSSR count). The summed E-state index contributed by atoms with van der Waals surface area (Å²) in [7, 11) is 0. The number of carbonyl (C=O) groups excluding carboxylic acids is 1. The smallest absolute Gasteiger partial charge is 0.142 e. The van der Waals surface area contributed by atoms with Gasteiger partial charge < -0.3 is 0 Å². The van der Waals surface area contributed by atoms with Crippen molar-refractivity contribution in [2.45, 2.75) is 20.8 Å². The zero-order valence-electron chi connectivity index (χ0n) is 18.5. The van der Waals surface area contributed by atoms with Gasteiger partial charge in [-0.1, -0.05) is 108 Å². The normalized spacial score (nSPS) is 17.2. The fourth-order valence-electron chi connectivity index (χ4n) is 4.00. The zero-order valence-corrected chi connectivity index (χ0v) is 21.8. The lowest BCUT2D eigenvalue weighted by Gasteiger charge is -2.11.